The van der Waals surface area contributed by atoms with Gasteiger partial charge in [-0.15, -0.1) is 0 Å². The van der Waals surface area contributed by atoms with Crippen molar-refractivity contribution < 1.29 is 19.2 Å². The Bertz CT molecular complexity index is 1120. The average molecular weight is 430 g/mol. The minimum Gasteiger partial charge on any atom is -0.366 e. The van der Waals surface area contributed by atoms with Crippen LogP contribution in [-0.4, -0.2) is 23.6 Å². The van der Waals surface area contributed by atoms with E-state index in [9.17, 15) is 19.2 Å². The van der Waals surface area contributed by atoms with Crippen molar-refractivity contribution in [2.75, 3.05) is 10.6 Å². The predicted octanol–water partition coefficient (Wildman–Crippen LogP) is 3.14. The molecule has 32 heavy (non-hydrogen) atoms. The van der Waals surface area contributed by atoms with Crippen molar-refractivity contribution in [2.45, 2.75) is 13.8 Å². The number of rotatable bonds is 6. The minimum atomic E-state index is -0.707. The summed E-state index contributed by atoms with van der Waals surface area (Å²) in [4.78, 5) is 46.8. The average Bonchev–Trinajstić information content (AvgIpc) is 2.73. The van der Waals surface area contributed by atoms with Crippen LogP contribution in [-0.2, 0) is 9.59 Å². The van der Waals surface area contributed by atoms with Crippen LogP contribution in [0.25, 0.3) is 22.3 Å². The molecule has 3 rings (SSSR count). The highest BCUT2D eigenvalue weighted by atomic mass is 16.2. The van der Waals surface area contributed by atoms with Crippen molar-refractivity contribution in [3.8, 4) is 22.3 Å². The van der Waals surface area contributed by atoms with Crippen LogP contribution in [0.3, 0.4) is 0 Å². The van der Waals surface area contributed by atoms with Crippen molar-refractivity contribution in [1.29, 1.82) is 0 Å². The largest absolute Gasteiger partial charge is 0.366 e. The van der Waals surface area contributed by atoms with E-state index in [4.69, 9.17) is 11.5 Å². The highest BCUT2D eigenvalue weighted by Crippen LogP contribution is 2.34. The molecule has 8 heteroatoms. The number of carbonyl (C=O) groups excluding carboxylic acids is 4. The highest BCUT2D eigenvalue weighted by molar-refractivity contribution is 6.07. The first kappa shape index (κ1) is 22.2. The second-order valence-corrected chi connectivity index (χ2v) is 7.19. The predicted molar refractivity (Wildman–Crippen MR) is 123 cm³/mol. The maximum atomic E-state index is 12.2. The zero-order valence-corrected chi connectivity index (χ0v) is 17.6. The van der Waals surface area contributed by atoms with E-state index in [1.165, 1.54) is 19.9 Å². The molecule has 3 aromatic carbocycles. The molecular weight excluding hydrogens is 408 g/mol. The molecule has 0 heterocycles. The monoisotopic (exact) mass is 430 g/mol. The fourth-order valence-corrected chi connectivity index (χ4v) is 3.36. The summed E-state index contributed by atoms with van der Waals surface area (Å²) in [6.45, 7) is 2.82. The molecule has 0 aliphatic carbocycles. The summed E-state index contributed by atoms with van der Waals surface area (Å²) in [6, 6.07) is 16.8. The van der Waals surface area contributed by atoms with Gasteiger partial charge in [0.15, 0.2) is 0 Å². The molecule has 0 radical (unpaired) electrons. The molecule has 0 unspecified atom stereocenters. The van der Waals surface area contributed by atoms with Gasteiger partial charge in [-0.1, -0.05) is 24.3 Å². The van der Waals surface area contributed by atoms with Crippen molar-refractivity contribution >= 4 is 35.0 Å². The zero-order chi connectivity index (χ0) is 23.4. The second-order valence-electron chi connectivity index (χ2n) is 7.19. The zero-order valence-electron chi connectivity index (χ0n) is 17.6. The quantitative estimate of drug-likeness (QED) is 0.476. The van der Waals surface area contributed by atoms with Gasteiger partial charge in [0.1, 0.15) is 0 Å². The van der Waals surface area contributed by atoms with Gasteiger partial charge in [0.05, 0.1) is 0 Å². The summed E-state index contributed by atoms with van der Waals surface area (Å²) in [5.74, 6) is -1.82. The minimum absolute atomic E-state index is 0.143. The number of anilines is 2. The Balaban J connectivity index is 2.15. The molecule has 0 aliphatic heterocycles. The van der Waals surface area contributed by atoms with Gasteiger partial charge in [0.2, 0.25) is 23.6 Å². The maximum absolute atomic E-state index is 12.2. The van der Waals surface area contributed by atoms with Crippen LogP contribution in [0.4, 0.5) is 11.4 Å². The molecule has 6 N–H and O–H groups in total. The summed E-state index contributed by atoms with van der Waals surface area (Å²) >= 11 is 0. The fourth-order valence-electron chi connectivity index (χ4n) is 3.36. The van der Waals surface area contributed by atoms with E-state index >= 15 is 0 Å². The molecule has 3 aromatic rings. The Morgan fingerprint density at radius 3 is 1.22 bits per heavy atom. The molecule has 0 bridgehead atoms. The summed E-state index contributed by atoms with van der Waals surface area (Å²) in [5, 5.41) is 5.36. The van der Waals surface area contributed by atoms with Crippen LogP contribution in [0.15, 0.2) is 60.7 Å². The molecular formula is C24H22N4O4. The molecule has 0 aromatic heterocycles. The van der Waals surface area contributed by atoms with Crippen LogP contribution in [0.5, 0.6) is 0 Å². The van der Waals surface area contributed by atoms with Gasteiger partial charge in [-0.25, -0.2) is 0 Å². The smallest absolute Gasteiger partial charge is 0.249 e. The number of primary amides is 2. The molecule has 0 spiro atoms. The summed E-state index contributed by atoms with van der Waals surface area (Å²) in [6.07, 6.45) is 0. The number of nitrogens with two attached hydrogens (primary N) is 2. The number of carbonyl (C=O) groups is 4. The van der Waals surface area contributed by atoms with Gasteiger partial charge in [0, 0.05) is 36.3 Å². The Morgan fingerprint density at radius 1 is 0.594 bits per heavy atom. The maximum Gasteiger partial charge on any atom is 0.249 e. The normalized spacial score (nSPS) is 10.3. The van der Waals surface area contributed by atoms with Gasteiger partial charge in [-0.05, 0) is 58.7 Å². The standard InChI is InChI=1S/C24H22N4O4/c1-13(29)27-17-7-3-15(4-8-17)19-11-20(22(24(26)32)12-21(19)23(25)31)16-5-9-18(10-6-16)28-14(2)30/h3-12H,1-2H3,(H2,25,31)(H2,26,32)(H,27,29)(H,28,30). The Labute approximate surface area is 184 Å². The van der Waals surface area contributed by atoms with Gasteiger partial charge in [-0.2, -0.15) is 0 Å². The lowest BCUT2D eigenvalue weighted by Gasteiger charge is -2.15. The molecule has 0 aliphatic rings. The molecule has 0 saturated heterocycles. The molecule has 4 amide bonds. The molecule has 0 fully saturated rings. The Kier molecular flexibility index (Phi) is 6.34. The van der Waals surface area contributed by atoms with E-state index in [2.05, 4.69) is 10.6 Å². The van der Waals surface area contributed by atoms with Crippen LogP contribution < -0.4 is 22.1 Å². The van der Waals surface area contributed by atoms with Crippen molar-refractivity contribution in [3.63, 3.8) is 0 Å². The van der Waals surface area contributed by atoms with E-state index in [-0.39, 0.29) is 22.9 Å². The molecule has 8 nitrogen and oxygen atoms in total. The van der Waals surface area contributed by atoms with E-state index in [1.54, 1.807) is 54.6 Å². The lowest BCUT2D eigenvalue weighted by Crippen LogP contribution is -2.17. The highest BCUT2D eigenvalue weighted by Gasteiger charge is 2.19. The number of benzene rings is 3. The van der Waals surface area contributed by atoms with Crippen LogP contribution >= 0.6 is 0 Å². The van der Waals surface area contributed by atoms with Crippen molar-refractivity contribution in [3.05, 3.63) is 71.8 Å². The van der Waals surface area contributed by atoms with Gasteiger partial charge in [0.25, 0.3) is 0 Å². The number of amides is 4. The SMILES string of the molecule is CC(=O)Nc1ccc(-c2cc(-c3ccc(NC(C)=O)cc3)c(C(N)=O)cc2C(N)=O)cc1. The van der Waals surface area contributed by atoms with Crippen molar-refractivity contribution in [2.24, 2.45) is 11.5 Å². The lowest BCUT2D eigenvalue weighted by atomic mass is 9.90. The van der Waals surface area contributed by atoms with Gasteiger partial charge in [-0.3, -0.25) is 19.2 Å². The molecule has 0 saturated carbocycles. The van der Waals surface area contributed by atoms with E-state index in [0.29, 0.717) is 33.6 Å². The first-order chi connectivity index (χ1) is 15.2. The van der Waals surface area contributed by atoms with Crippen LogP contribution in [0.2, 0.25) is 0 Å². The number of hydrogen-bond acceptors (Lipinski definition) is 4. The first-order valence-corrected chi connectivity index (χ1v) is 9.69. The Morgan fingerprint density at radius 2 is 0.938 bits per heavy atom. The third kappa shape index (κ3) is 4.99. The number of hydrogen-bond donors (Lipinski definition) is 4. The van der Waals surface area contributed by atoms with Gasteiger partial charge >= 0.3 is 0 Å². The van der Waals surface area contributed by atoms with Gasteiger partial charge < -0.3 is 22.1 Å². The fraction of sp³-hybridized carbons (Fsp3) is 0.0833. The summed E-state index contributed by atoms with van der Waals surface area (Å²) < 4.78 is 0. The van der Waals surface area contributed by atoms with Crippen LogP contribution in [0, 0.1) is 0 Å². The lowest BCUT2D eigenvalue weighted by molar-refractivity contribution is -0.115. The van der Waals surface area contributed by atoms with E-state index < -0.39 is 11.8 Å². The third-order valence-corrected chi connectivity index (χ3v) is 4.72. The third-order valence-electron chi connectivity index (χ3n) is 4.72. The molecule has 162 valence electrons. The summed E-state index contributed by atoms with van der Waals surface area (Å²) in [7, 11) is 0. The summed E-state index contributed by atoms with van der Waals surface area (Å²) in [5.41, 5.74) is 15.0. The van der Waals surface area contributed by atoms with Crippen LogP contribution in [0.1, 0.15) is 34.6 Å². The van der Waals surface area contributed by atoms with E-state index in [0.717, 1.165) is 0 Å². The topological polar surface area (TPSA) is 144 Å². The number of nitrogens with one attached hydrogen (secondary N) is 2. The molecule has 0 atom stereocenters. The second kappa shape index (κ2) is 9.13. The van der Waals surface area contributed by atoms with Crippen molar-refractivity contribution in [1.82, 2.24) is 0 Å². The van der Waals surface area contributed by atoms with E-state index in [1.807, 2.05) is 0 Å². The first-order valence-electron chi connectivity index (χ1n) is 9.69. The Hall–Kier alpha value is -4.46.